The van der Waals surface area contributed by atoms with E-state index in [1.54, 1.807) is 0 Å². The van der Waals surface area contributed by atoms with Gasteiger partial charge in [0.25, 0.3) is 0 Å². The van der Waals surface area contributed by atoms with Crippen molar-refractivity contribution in [2.24, 2.45) is 0 Å². The number of benzene rings is 6. The zero-order chi connectivity index (χ0) is 26.5. The lowest BCUT2D eigenvalue weighted by Crippen LogP contribution is -2.16. The molecule has 1 aromatic heterocycles. The second-order valence-electron chi connectivity index (χ2n) is 9.84. The predicted molar refractivity (Wildman–Crippen MR) is 169 cm³/mol. The highest BCUT2D eigenvalue weighted by Crippen LogP contribution is 2.52. The number of anilines is 6. The zero-order valence-corrected chi connectivity index (χ0v) is 22.4. The molecule has 0 atom stereocenters. The van der Waals surface area contributed by atoms with Crippen LogP contribution < -0.4 is 14.5 Å². The highest BCUT2D eigenvalue weighted by atomic mass is 32.1. The Bertz CT molecular complexity index is 2000. The Morgan fingerprint density at radius 1 is 0.475 bits per heavy atom. The van der Waals surface area contributed by atoms with Gasteiger partial charge < -0.3 is 14.5 Å². The maximum Gasteiger partial charge on any atom is 0.153 e. The normalized spacial score (nSPS) is 12.2. The molecular formula is C36H24N2OS. The van der Waals surface area contributed by atoms with E-state index in [0.717, 1.165) is 45.6 Å². The third-order valence-corrected chi connectivity index (χ3v) is 8.57. The Balaban J connectivity index is 1.30. The number of para-hydroxylation sites is 4. The SMILES string of the molecule is c1ccc(N(c2ccc3c(c2)Oc2ccccc2N3c2ccccc2)c2ccc3sc4ccccc4c3c2)cc1. The van der Waals surface area contributed by atoms with Crippen LogP contribution in [0.5, 0.6) is 11.5 Å². The molecule has 0 fully saturated rings. The van der Waals surface area contributed by atoms with Crippen LogP contribution in [-0.4, -0.2) is 0 Å². The van der Waals surface area contributed by atoms with Crippen LogP contribution in [0.25, 0.3) is 20.2 Å². The van der Waals surface area contributed by atoms with E-state index < -0.39 is 0 Å². The van der Waals surface area contributed by atoms with Crippen molar-refractivity contribution in [1.82, 2.24) is 0 Å². The predicted octanol–water partition coefficient (Wildman–Crippen LogP) is 11.1. The second kappa shape index (κ2) is 9.30. The molecular weight excluding hydrogens is 508 g/mol. The van der Waals surface area contributed by atoms with Gasteiger partial charge >= 0.3 is 0 Å². The molecule has 1 aliphatic rings. The Morgan fingerprint density at radius 2 is 1.12 bits per heavy atom. The second-order valence-corrected chi connectivity index (χ2v) is 10.9. The van der Waals surface area contributed by atoms with E-state index in [9.17, 15) is 0 Å². The molecule has 3 nitrogen and oxygen atoms in total. The molecule has 0 spiro atoms. The largest absolute Gasteiger partial charge is 0.453 e. The van der Waals surface area contributed by atoms with Crippen LogP contribution in [0.1, 0.15) is 0 Å². The lowest BCUT2D eigenvalue weighted by Gasteiger charge is -2.34. The first-order valence-electron chi connectivity index (χ1n) is 13.4. The average molecular weight is 533 g/mol. The van der Waals surface area contributed by atoms with Gasteiger partial charge in [-0.3, -0.25) is 0 Å². The molecule has 40 heavy (non-hydrogen) atoms. The summed E-state index contributed by atoms with van der Waals surface area (Å²) in [6, 6.07) is 51.2. The number of hydrogen-bond donors (Lipinski definition) is 0. The van der Waals surface area contributed by atoms with Crippen LogP contribution in [0.4, 0.5) is 34.1 Å². The maximum atomic E-state index is 6.54. The Labute approximate surface area is 236 Å². The topological polar surface area (TPSA) is 15.7 Å². The van der Waals surface area contributed by atoms with Crippen LogP contribution in [0.15, 0.2) is 146 Å². The fraction of sp³-hybridized carbons (Fsp3) is 0. The average Bonchev–Trinajstić information content (AvgIpc) is 3.39. The first-order valence-corrected chi connectivity index (χ1v) is 14.2. The number of nitrogens with zero attached hydrogens (tertiary/aromatic N) is 2. The van der Waals surface area contributed by atoms with Gasteiger partial charge in [-0.05, 0) is 72.8 Å². The van der Waals surface area contributed by atoms with Crippen molar-refractivity contribution in [3.05, 3.63) is 146 Å². The summed E-state index contributed by atoms with van der Waals surface area (Å²) >= 11 is 1.84. The van der Waals surface area contributed by atoms with Crippen LogP contribution in [0.3, 0.4) is 0 Å². The van der Waals surface area contributed by atoms with Crippen LogP contribution in [0.2, 0.25) is 0 Å². The molecule has 0 aliphatic carbocycles. The van der Waals surface area contributed by atoms with E-state index in [-0.39, 0.29) is 0 Å². The number of ether oxygens (including phenoxy) is 1. The highest BCUT2D eigenvalue weighted by Gasteiger charge is 2.27. The van der Waals surface area contributed by atoms with Crippen molar-refractivity contribution in [3.8, 4) is 11.5 Å². The van der Waals surface area contributed by atoms with Crippen molar-refractivity contribution in [2.75, 3.05) is 9.80 Å². The molecule has 0 unspecified atom stereocenters. The van der Waals surface area contributed by atoms with Gasteiger partial charge in [0.2, 0.25) is 0 Å². The van der Waals surface area contributed by atoms with E-state index in [1.165, 1.54) is 20.2 Å². The highest BCUT2D eigenvalue weighted by molar-refractivity contribution is 7.25. The summed E-state index contributed by atoms with van der Waals surface area (Å²) in [5.74, 6) is 1.66. The Kier molecular flexibility index (Phi) is 5.32. The van der Waals surface area contributed by atoms with Gasteiger partial charge in [-0.25, -0.2) is 0 Å². The molecule has 0 amide bonds. The van der Waals surface area contributed by atoms with Crippen LogP contribution >= 0.6 is 11.3 Å². The third kappa shape index (κ3) is 3.73. The number of thiophene rings is 1. The van der Waals surface area contributed by atoms with Crippen molar-refractivity contribution in [2.45, 2.75) is 0 Å². The standard InChI is InChI=1S/C36H24N2OS/c1-3-11-25(12-4-1)37(27-20-22-36-30(23-27)29-15-7-10-18-35(29)40-36)28-19-21-32-34(24-28)39-33-17-9-8-16-31(33)38(32)26-13-5-2-6-14-26/h1-24H. The van der Waals surface area contributed by atoms with E-state index in [2.05, 4.69) is 137 Å². The molecule has 0 saturated heterocycles. The lowest BCUT2D eigenvalue weighted by atomic mass is 10.1. The molecule has 4 heteroatoms. The number of hydrogen-bond acceptors (Lipinski definition) is 4. The molecule has 190 valence electrons. The van der Waals surface area contributed by atoms with Crippen molar-refractivity contribution >= 4 is 65.6 Å². The minimum Gasteiger partial charge on any atom is -0.453 e. The molecule has 0 saturated carbocycles. The van der Waals surface area contributed by atoms with E-state index in [0.29, 0.717) is 0 Å². The first kappa shape index (κ1) is 22.9. The number of rotatable bonds is 4. The van der Waals surface area contributed by atoms with E-state index in [1.807, 2.05) is 29.5 Å². The Hall–Kier alpha value is -5.06. The van der Waals surface area contributed by atoms with Gasteiger partial charge in [0.15, 0.2) is 11.5 Å². The number of fused-ring (bicyclic) bond motifs is 5. The molecule has 8 rings (SSSR count). The van der Waals surface area contributed by atoms with Gasteiger partial charge in [0.1, 0.15) is 0 Å². The molecule has 1 aliphatic heterocycles. The summed E-state index contributed by atoms with van der Waals surface area (Å²) < 4.78 is 9.14. The van der Waals surface area contributed by atoms with E-state index in [4.69, 9.17) is 4.74 Å². The summed E-state index contributed by atoms with van der Waals surface area (Å²) in [7, 11) is 0. The van der Waals surface area contributed by atoms with E-state index >= 15 is 0 Å². The van der Waals surface area contributed by atoms with Gasteiger partial charge in [-0.2, -0.15) is 0 Å². The monoisotopic (exact) mass is 532 g/mol. The van der Waals surface area contributed by atoms with Gasteiger partial charge in [0, 0.05) is 49.0 Å². The Morgan fingerprint density at radius 3 is 2.00 bits per heavy atom. The van der Waals surface area contributed by atoms with Crippen LogP contribution in [-0.2, 0) is 0 Å². The molecule has 2 heterocycles. The van der Waals surface area contributed by atoms with Crippen LogP contribution in [0, 0.1) is 0 Å². The fourth-order valence-corrected chi connectivity index (χ4v) is 6.70. The van der Waals surface area contributed by atoms with Crippen molar-refractivity contribution < 1.29 is 4.74 Å². The summed E-state index contributed by atoms with van der Waals surface area (Å²) in [5.41, 5.74) is 6.39. The minimum absolute atomic E-state index is 0.822. The maximum absolute atomic E-state index is 6.54. The third-order valence-electron chi connectivity index (χ3n) is 7.42. The summed E-state index contributed by atoms with van der Waals surface area (Å²) in [4.78, 5) is 4.58. The zero-order valence-electron chi connectivity index (χ0n) is 21.6. The fourth-order valence-electron chi connectivity index (χ4n) is 5.62. The quantitative estimate of drug-likeness (QED) is 0.224. The molecule has 0 bridgehead atoms. The molecule has 0 N–H and O–H groups in total. The molecule has 7 aromatic rings. The van der Waals surface area contributed by atoms with Crippen molar-refractivity contribution in [3.63, 3.8) is 0 Å². The minimum atomic E-state index is 0.822. The summed E-state index contributed by atoms with van der Waals surface area (Å²) in [6.45, 7) is 0. The summed E-state index contributed by atoms with van der Waals surface area (Å²) in [6.07, 6.45) is 0. The van der Waals surface area contributed by atoms with Gasteiger partial charge in [-0.1, -0.05) is 66.7 Å². The van der Waals surface area contributed by atoms with Crippen molar-refractivity contribution in [1.29, 1.82) is 0 Å². The summed E-state index contributed by atoms with van der Waals surface area (Å²) in [5, 5.41) is 2.57. The lowest BCUT2D eigenvalue weighted by molar-refractivity contribution is 0.477. The first-order chi connectivity index (χ1) is 19.8. The molecule has 6 aromatic carbocycles. The smallest absolute Gasteiger partial charge is 0.153 e. The van der Waals surface area contributed by atoms with Gasteiger partial charge in [0.05, 0.1) is 11.4 Å². The molecule has 0 radical (unpaired) electrons. The van der Waals surface area contributed by atoms with Gasteiger partial charge in [-0.15, -0.1) is 11.3 Å².